The van der Waals surface area contributed by atoms with Gasteiger partial charge in [0.25, 0.3) is 0 Å². The number of nitrogens with one attached hydrogen (secondary N) is 1. The molecule has 234 valence electrons. The number of esters is 1. The highest BCUT2D eigenvalue weighted by atomic mass is 16.5. The monoisotopic (exact) mass is 606 g/mol. The average Bonchev–Trinajstić information content (AvgIpc) is 3.07. The lowest BCUT2D eigenvalue weighted by Gasteiger charge is -2.23. The molecule has 0 saturated carbocycles. The predicted octanol–water partition coefficient (Wildman–Crippen LogP) is 7.41. The first-order chi connectivity index (χ1) is 21.9. The maximum atomic E-state index is 13.2. The van der Waals surface area contributed by atoms with Crippen LogP contribution >= 0.6 is 0 Å². The van der Waals surface area contributed by atoms with Gasteiger partial charge in [-0.15, -0.1) is 0 Å². The lowest BCUT2D eigenvalue weighted by atomic mass is 10.00. The smallest absolute Gasteiger partial charge is 0.328 e. The highest BCUT2D eigenvalue weighted by Gasteiger charge is 2.23. The predicted molar refractivity (Wildman–Crippen MR) is 179 cm³/mol. The maximum absolute atomic E-state index is 13.2. The van der Waals surface area contributed by atoms with Gasteiger partial charge in [0.1, 0.15) is 11.8 Å². The van der Waals surface area contributed by atoms with Gasteiger partial charge in [0.05, 0.1) is 13.7 Å². The summed E-state index contributed by atoms with van der Waals surface area (Å²) >= 11 is 0. The van der Waals surface area contributed by atoms with Gasteiger partial charge in [-0.3, -0.25) is 9.59 Å². The van der Waals surface area contributed by atoms with Gasteiger partial charge in [0.2, 0.25) is 5.91 Å². The Labute approximate surface area is 266 Å². The van der Waals surface area contributed by atoms with Crippen LogP contribution in [0.15, 0.2) is 103 Å². The quantitative estimate of drug-likeness (QED) is 0.0812. The second-order valence-corrected chi connectivity index (χ2v) is 11.0. The van der Waals surface area contributed by atoms with Crippen LogP contribution in [0.3, 0.4) is 0 Å². The fraction of sp³-hybridized carbons (Fsp3) is 0.289. The molecule has 1 unspecified atom stereocenters. The molecule has 7 nitrogen and oxygen atoms in total. The first kappa shape index (κ1) is 33.0. The number of nitrogens with zero attached hydrogens (tertiary/aromatic N) is 1. The summed E-state index contributed by atoms with van der Waals surface area (Å²) in [5.74, 6) is 0.284. The zero-order valence-electron chi connectivity index (χ0n) is 26.3. The molecule has 1 N–H and O–H groups in total. The van der Waals surface area contributed by atoms with E-state index in [2.05, 4.69) is 12.2 Å². The van der Waals surface area contributed by atoms with Crippen LogP contribution in [0.2, 0.25) is 0 Å². The lowest BCUT2D eigenvalue weighted by molar-refractivity contribution is -0.141. The number of benzene rings is 4. The van der Waals surface area contributed by atoms with E-state index in [1.165, 1.54) is 7.11 Å². The second-order valence-electron chi connectivity index (χ2n) is 11.0. The van der Waals surface area contributed by atoms with E-state index in [0.717, 1.165) is 29.7 Å². The van der Waals surface area contributed by atoms with E-state index in [9.17, 15) is 14.4 Å². The molecule has 0 aliphatic rings. The van der Waals surface area contributed by atoms with Crippen LogP contribution in [0.1, 0.15) is 59.7 Å². The Bertz CT molecular complexity index is 1550. The van der Waals surface area contributed by atoms with E-state index in [1.54, 1.807) is 30.3 Å². The maximum Gasteiger partial charge on any atom is 0.328 e. The molecule has 7 heteroatoms. The minimum atomic E-state index is -0.704. The van der Waals surface area contributed by atoms with Gasteiger partial charge in [-0.05, 0) is 67.3 Å². The number of amides is 1. The van der Waals surface area contributed by atoms with Crippen LogP contribution in [-0.4, -0.2) is 44.0 Å². The number of rotatable bonds is 16. The summed E-state index contributed by atoms with van der Waals surface area (Å²) in [6.07, 6.45) is 3.41. The van der Waals surface area contributed by atoms with Crippen molar-refractivity contribution in [2.24, 2.45) is 0 Å². The van der Waals surface area contributed by atoms with E-state index in [-0.39, 0.29) is 11.7 Å². The van der Waals surface area contributed by atoms with E-state index >= 15 is 0 Å². The van der Waals surface area contributed by atoms with Crippen molar-refractivity contribution in [3.63, 3.8) is 0 Å². The molecular weight excluding hydrogens is 564 g/mol. The molecular formula is C38H42N2O5. The van der Waals surface area contributed by atoms with E-state index in [1.807, 2.05) is 84.6 Å². The highest BCUT2D eigenvalue weighted by molar-refractivity contribution is 6.12. The molecule has 4 aromatic rings. The molecule has 0 radical (unpaired) electrons. The molecule has 0 aliphatic heterocycles. The fourth-order valence-corrected chi connectivity index (χ4v) is 5.10. The van der Waals surface area contributed by atoms with Gasteiger partial charge in [0, 0.05) is 41.9 Å². The summed E-state index contributed by atoms with van der Waals surface area (Å²) in [6.45, 7) is 5.15. The molecule has 4 aromatic carbocycles. The molecule has 0 aliphatic carbocycles. The Balaban J connectivity index is 1.36. The summed E-state index contributed by atoms with van der Waals surface area (Å²) in [5, 5.41) is 3.24. The zero-order chi connectivity index (χ0) is 32.0. The van der Waals surface area contributed by atoms with Gasteiger partial charge in [-0.25, -0.2) is 4.79 Å². The number of aryl methyl sites for hydroxylation is 1. The van der Waals surface area contributed by atoms with Crippen LogP contribution in [-0.2, 0) is 20.7 Å². The number of para-hydroxylation sites is 1. The molecule has 0 heterocycles. The molecule has 4 rings (SSSR count). The number of unbranched alkanes of at least 4 members (excludes halogenated alkanes) is 1. The number of ketones is 1. The molecule has 0 spiro atoms. The number of hydrogen-bond donors (Lipinski definition) is 1. The Morgan fingerprint density at radius 2 is 1.58 bits per heavy atom. The average molecular weight is 607 g/mol. The van der Waals surface area contributed by atoms with Crippen molar-refractivity contribution in [2.45, 2.75) is 52.0 Å². The first-order valence-electron chi connectivity index (χ1n) is 15.5. The minimum Gasteiger partial charge on any atom is -0.494 e. The molecule has 0 bridgehead atoms. The van der Waals surface area contributed by atoms with Crippen LogP contribution in [0.5, 0.6) is 5.75 Å². The Morgan fingerprint density at radius 3 is 2.29 bits per heavy atom. The fourth-order valence-electron chi connectivity index (χ4n) is 5.10. The van der Waals surface area contributed by atoms with Gasteiger partial charge >= 0.3 is 5.97 Å². The SMILES string of the molecule is CCCCC(=O)N(CCCOc1ccc(CC(Nc2ccccc2C(=O)c2ccccc2)C(=O)OC)cc1)c1cccc(C)c1. The summed E-state index contributed by atoms with van der Waals surface area (Å²) in [5.41, 5.74) is 4.56. The second kappa shape index (κ2) is 16.8. The number of ether oxygens (including phenoxy) is 2. The number of carbonyl (C=O) groups excluding carboxylic acids is 3. The van der Waals surface area contributed by atoms with Gasteiger partial charge in [-0.2, -0.15) is 0 Å². The minimum absolute atomic E-state index is 0.129. The van der Waals surface area contributed by atoms with E-state index < -0.39 is 12.0 Å². The van der Waals surface area contributed by atoms with E-state index in [4.69, 9.17) is 9.47 Å². The summed E-state index contributed by atoms with van der Waals surface area (Å²) < 4.78 is 11.1. The van der Waals surface area contributed by atoms with Crippen LogP contribution in [0, 0.1) is 6.92 Å². The topological polar surface area (TPSA) is 84.9 Å². The number of anilines is 2. The lowest BCUT2D eigenvalue weighted by Crippen LogP contribution is -2.33. The summed E-state index contributed by atoms with van der Waals surface area (Å²) in [4.78, 5) is 40.8. The van der Waals surface area contributed by atoms with Crippen molar-refractivity contribution >= 4 is 29.0 Å². The van der Waals surface area contributed by atoms with Crippen molar-refractivity contribution < 1.29 is 23.9 Å². The van der Waals surface area contributed by atoms with Crippen molar-refractivity contribution in [2.75, 3.05) is 30.5 Å². The standard InChI is InChI=1S/C38H42N2O5/c1-4-5-19-36(41)40(31-16-11-13-28(2)26-31)24-12-25-45-32-22-20-29(21-23-32)27-35(38(43)44-3)39-34-18-10-9-17-33(34)37(42)30-14-7-6-8-15-30/h6-11,13-18,20-23,26,35,39H,4-5,12,19,24-25,27H2,1-3H3. The summed E-state index contributed by atoms with van der Waals surface area (Å²) in [7, 11) is 1.35. The Kier molecular flexibility index (Phi) is 12.3. The molecule has 45 heavy (non-hydrogen) atoms. The highest BCUT2D eigenvalue weighted by Crippen LogP contribution is 2.23. The third-order valence-corrected chi connectivity index (χ3v) is 7.54. The van der Waals surface area contributed by atoms with Gasteiger partial charge in [0.15, 0.2) is 5.78 Å². The molecule has 0 saturated heterocycles. The number of carbonyl (C=O) groups is 3. The number of hydrogen-bond acceptors (Lipinski definition) is 6. The van der Waals surface area contributed by atoms with Crippen molar-refractivity contribution in [3.8, 4) is 5.75 Å². The molecule has 0 aromatic heterocycles. The van der Waals surface area contributed by atoms with Crippen molar-refractivity contribution in [3.05, 3.63) is 125 Å². The molecule has 1 amide bonds. The first-order valence-corrected chi connectivity index (χ1v) is 15.5. The number of methoxy groups -OCH3 is 1. The third kappa shape index (κ3) is 9.54. The van der Waals surface area contributed by atoms with Gasteiger partial charge < -0.3 is 19.7 Å². The summed E-state index contributed by atoms with van der Waals surface area (Å²) in [6, 6.07) is 31.1. The van der Waals surface area contributed by atoms with Crippen LogP contribution in [0.25, 0.3) is 0 Å². The zero-order valence-corrected chi connectivity index (χ0v) is 26.3. The van der Waals surface area contributed by atoms with Crippen LogP contribution < -0.4 is 15.0 Å². The van der Waals surface area contributed by atoms with Gasteiger partial charge in [-0.1, -0.05) is 80.1 Å². The van der Waals surface area contributed by atoms with Crippen LogP contribution in [0.4, 0.5) is 11.4 Å². The van der Waals surface area contributed by atoms with Crippen molar-refractivity contribution in [1.29, 1.82) is 0 Å². The Hall–Kier alpha value is -4.91. The molecule has 0 fully saturated rings. The van der Waals surface area contributed by atoms with Crippen molar-refractivity contribution in [1.82, 2.24) is 0 Å². The normalized spacial score (nSPS) is 11.4. The third-order valence-electron chi connectivity index (χ3n) is 7.54. The molecule has 1 atom stereocenters. The largest absolute Gasteiger partial charge is 0.494 e. The van der Waals surface area contributed by atoms with E-state index in [0.29, 0.717) is 55.0 Å². The Morgan fingerprint density at radius 1 is 0.844 bits per heavy atom.